The Hall–Kier alpha value is -2.66. The summed E-state index contributed by atoms with van der Waals surface area (Å²) in [6, 6.07) is 17.6. The second-order valence-electron chi connectivity index (χ2n) is 7.48. The van der Waals surface area contributed by atoms with Crippen LogP contribution in [0.2, 0.25) is 0 Å². The molecule has 0 aliphatic carbocycles. The highest BCUT2D eigenvalue weighted by Gasteiger charge is 2.22. The van der Waals surface area contributed by atoms with E-state index in [4.69, 9.17) is 4.74 Å². The molecule has 0 saturated carbocycles. The van der Waals surface area contributed by atoms with Crippen molar-refractivity contribution in [1.82, 2.24) is 10.2 Å². The molecule has 154 valence electrons. The molecule has 0 radical (unpaired) electrons. The number of carbonyl (C=O) groups is 2. The van der Waals surface area contributed by atoms with Crippen LogP contribution in [0.4, 0.5) is 0 Å². The molecule has 0 spiro atoms. The number of hydrogen-bond donors (Lipinski definition) is 1. The molecule has 3 rings (SSSR count). The Balaban J connectivity index is 1.53. The third-order valence-electron chi connectivity index (χ3n) is 5.48. The summed E-state index contributed by atoms with van der Waals surface area (Å²) < 4.78 is 5.16. The molecule has 0 aromatic heterocycles. The number of carbonyl (C=O) groups excluding carboxylic acids is 2. The Bertz CT molecular complexity index is 801. The van der Waals surface area contributed by atoms with Crippen LogP contribution in [-0.2, 0) is 4.79 Å². The molecule has 1 atom stereocenters. The summed E-state index contributed by atoms with van der Waals surface area (Å²) in [5.74, 6) is 0.515. The molecule has 29 heavy (non-hydrogen) atoms. The summed E-state index contributed by atoms with van der Waals surface area (Å²) in [7, 11) is 1.57. The van der Waals surface area contributed by atoms with Crippen molar-refractivity contribution in [2.45, 2.75) is 38.1 Å². The van der Waals surface area contributed by atoms with Crippen molar-refractivity contribution in [3.8, 4) is 5.75 Å². The number of ether oxygens (including phenoxy) is 1. The third-order valence-corrected chi connectivity index (χ3v) is 5.48. The van der Waals surface area contributed by atoms with Crippen molar-refractivity contribution in [2.75, 3.05) is 26.7 Å². The van der Waals surface area contributed by atoms with Crippen LogP contribution in [0.5, 0.6) is 5.75 Å². The quantitative estimate of drug-likeness (QED) is 0.653. The van der Waals surface area contributed by atoms with Crippen molar-refractivity contribution in [1.29, 1.82) is 0 Å². The fraction of sp³-hybridized carbons (Fsp3) is 0.417. The number of ketones is 1. The van der Waals surface area contributed by atoms with Crippen molar-refractivity contribution in [2.24, 2.45) is 0 Å². The molecule has 1 amide bonds. The van der Waals surface area contributed by atoms with Crippen molar-refractivity contribution in [3.05, 3.63) is 65.7 Å². The van der Waals surface area contributed by atoms with Gasteiger partial charge >= 0.3 is 0 Å². The number of methoxy groups -OCH3 is 1. The molecule has 2 aromatic rings. The zero-order valence-electron chi connectivity index (χ0n) is 17.1. The third kappa shape index (κ3) is 6.16. The first-order chi connectivity index (χ1) is 14.2. The lowest BCUT2D eigenvalue weighted by atomic mass is 10.0. The first-order valence-electron chi connectivity index (χ1n) is 10.4. The van der Waals surface area contributed by atoms with E-state index in [-0.39, 0.29) is 30.6 Å². The largest absolute Gasteiger partial charge is 0.497 e. The molecular weight excluding hydrogens is 364 g/mol. The standard InChI is InChI=1S/C24H30N2O3/c1-29-21-12-8-11-20(17-21)23(27)13-14-24(28)25-18-22(19-9-4-2-5-10-19)26-15-6-3-7-16-26/h2,4-5,8-12,17,22H,3,6-7,13-16,18H2,1H3,(H,25,28). The SMILES string of the molecule is COc1cccc(C(=O)CCC(=O)NCC(c2ccccc2)N2CCCCC2)c1. The lowest BCUT2D eigenvalue weighted by Crippen LogP contribution is -2.40. The first-order valence-corrected chi connectivity index (χ1v) is 10.4. The zero-order chi connectivity index (χ0) is 20.5. The highest BCUT2D eigenvalue weighted by atomic mass is 16.5. The van der Waals surface area contributed by atoms with Crippen molar-refractivity contribution >= 4 is 11.7 Å². The molecular formula is C24H30N2O3. The van der Waals surface area contributed by atoms with E-state index in [2.05, 4.69) is 22.3 Å². The molecule has 1 aliphatic heterocycles. The molecule has 1 N–H and O–H groups in total. The highest BCUT2D eigenvalue weighted by molar-refractivity contribution is 5.98. The average Bonchev–Trinajstić information content (AvgIpc) is 2.79. The Morgan fingerprint density at radius 2 is 1.76 bits per heavy atom. The molecule has 5 nitrogen and oxygen atoms in total. The van der Waals surface area contributed by atoms with Gasteiger partial charge in [0.25, 0.3) is 0 Å². The van der Waals surface area contributed by atoms with Crippen LogP contribution in [0.15, 0.2) is 54.6 Å². The van der Waals surface area contributed by atoms with Gasteiger partial charge in [0.2, 0.25) is 5.91 Å². The van der Waals surface area contributed by atoms with Crippen LogP contribution in [0.3, 0.4) is 0 Å². The van der Waals surface area contributed by atoms with Crippen LogP contribution in [-0.4, -0.2) is 43.3 Å². The second kappa shape index (κ2) is 10.8. The molecule has 1 saturated heterocycles. The first kappa shape index (κ1) is 21.1. The Morgan fingerprint density at radius 3 is 2.48 bits per heavy atom. The minimum Gasteiger partial charge on any atom is -0.497 e. The molecule has 5 heteroatoms. The van der Waals surface area contributed by atoms with Gasteiger partial charge in [-0.2, -0.15) is 0 Å². The van der Waals surface area contributed by atoms with E-state index in [1.54, 1.807) is 31.4 Å². The summed E-state index contributed by atoms with van der Waals surface area (Å²) in [4.78, 5) is 27.3. The van der Waals surface area contributed by atoms with Gasteiger partial charge < -0.3 is 10.1 Å². The van der Waals surface area contributed by atoms with E-state index in [1.165, 1.54) is 24.8 Å². The molecule has 1 unspecified atom stereocenters. The minimum absolute atomic E-state index is 0.0466. The maximum absolute atomic E-state index is 12.4. The van der Waals surface area contributed by atoms with Crippen LogP contribution in [0.1, 0.15) is 54.1 Å². The Labute approximate surface area is 173 Å². The van der Waals surface area contributed by atoms with Crippen LogP contribution in [0.25, 0.3) is 0 Å². The second-order valence-corrected chi connectivity index (χ2v) is 7.48. The monoisotopic (exact) mass is 394 g/mol. The van der Waals surface area contributed by atoms with Gasteiger partial charge in [0, 0.05) is 24.9 Å². The molecule has 2 aromatic carbocycles. The number of nitrogens with zero attached hydrogens (tertiary/aromatic N) is 1. The van der Waals surface area contributed by atoms with Gasteiger partial charge in [-0.05, 0) is 43.6 Å². The number of rotatable bonds is 9. The summed E-state index contributed by atoms with van der Waals surface area (Å²) in [5, 5.41) is 3.05. The number of benzene rings is 2. The van der Waals surface area contributed by atoms with Gasteiger partial charge in [0.05, 0.1) is 13.2 Å². The number of hydrogen-bond acceptors (Lipinski definition) is 4. The van der Waals surface area contributed by atoms with Crippen LogP contribution in [0, 0.1) is 0 Å². The smallest absolute Gasteiger partial charge is 0.220 e. The number of piperidine rings is 1. The summed E-state index contributed by atoms with van der Waals surface area (Å²) in [6.07, 6.45) is 4.06. The summed E-state index contributed by atoms with van der Waals surface area (Å²) in [6.45, 7) is 2.68. The summed E-state index contributed by atoms with van der Waals surface area (Å²) >= 11 is 0. The maximum atomic E-state index is 12.4. The topological polar surface area (TPSA) is 58.6 Å². The number of amides is 1. The number of nitrogens with one attached hydrogen (secondary N) is 1. The fourth-order valence-electron chi connectivity index (χ4n) is 3.83. The van der Waals surface area contributed by atoms with E-state index < -0.39 is 0 Å². The van der Waals surface area contributed by atoms with Crippen molar-refractivity contribution < 1.29 is 14.3 Å². The Kier molecular flexibility index (Phi) is 7.82. The average molecular weight is 395 g/mol. The molecule has 1 heterocycles. The maximum Gasteiger partial charge on any atom is 0.220 e. The fourth-order valence-corrected chi connectivity index (χ4v) is 3.83. The highest BCUT2D eigenvalue weighted by Crippen LogP contribution is 2.24. The lowest BCUT2D eigenvalue weighted by molar-refractivity contribution is -0.121. The minimum atomic E-state index is -0.0841. The number of Topliss-reactive ketones (excluding diaryl/α,β-unsaturated/α-hetero) is 1. The predicted octanol–water partition coefficient (Wildman–Crippen LogP) is 4.00. The van der Waals surface area contributed by atoms with Crippen LogP contribution < -0.4 is 10.1 Å². The Morgan fingerprint density at radius 1 is 1.00 bits per heavy atom. The van der Waals surface area contributed by atoms with E-state index in [0.717, 1.165) is 13.1 Å². The van der Waals surface area contributed by atoms with E-state index in [9.17, 15) is 9.59 Å². The van der Waals surface area contributed by atoms with E-state index in [0.29, 0.717) is 17.9 Å². The predicted molar refractivity (Wildman–Crippen MR) is 114 cm³/mol. The normalized spacial score (nSPS) is 15.5. The van der Waals surface area contributed by atoms with Gasteiger partial charge in [0.1, 0.15) is 5.75 Å². The van der Waals surface area contributed by atoms with Gasteiger partial charge in [-0.3, -0.25) is 14.5 Å². The van der Waals surface area contributed by atoms with Gasteiger partial charge in [0.15, 0.2) is 5.78 Å². The van der Waals surface area contributed by atoms with Crippen molar-refractivity contribution in [3.63, 3.8) is 0 Å². The molecule has 1 aliphatic rings. The van der Waals surface area contributed by atoms with E-state index in [1.807, 2.05) is 18.2 Å². The summed E-state index contributed by atoms with van der Waals surface area (Å²) in [5.41, 5.74) is 1.80. The lowest BCUT2D eigenvalue weighted by Gasteiger charge is -2.35. The van der Waals surface area contributed by atoms with Gasteiger partial charge in [-0.15, -0.1) is 0 Å². The molecule has 0 bridgehead atoms. The number of likely N-dealkylation sites (tertiary alicyclic amines) is 1. The van der Waals surface area contributed by atoms with Gasteiger partial charge in [-0.1, -0.05) is 48.9 Å². The van der Waals surface area contributed by atoms with Gasteiger partial charge in [-0.25, -0.2) is 0 Å². The van der Waals surface area contributed by atoms with E-state index >= 15 is 0 Å². The zero-order valence-corrected chi connectivity index (χ0v) is 17.1. The molecule has 1 fully saturated rings. The van der Waals surface area contributed by atoms with Crippen LogP contribution >= 0.6 is 0 Å².